The predicted molar refractivity (Wildman–Crippen MR) is 86.5 cm³/mol. The van der Waals surface area contributed by atoms with Gasteiger partial charge >= 0.3 is 12.1 Å². The lowest BCUT2D eigenvalue weighted by Crippen LogP contribution is -2.48. The summed E-state index contributed by atoms with van der Waals surface area (Å²) in [6, 6.07) is 2.49. The smallest absolute Gasteiger partial charge is 0.417 e. The van der Waals surface area contributed by atoms with Crippen molar-refractivity contribution in [2.45, 2.75) is 32.0 Å². The van der Waals surface area contributed by atoms with Gasteiger partial charge in [-0.2, -0.15) is 13.2 Å². The zero-order valence-corrected chi connectivity index (χ0v) is 14.2. The summed E-state index contributed by atoms with van der Waals surface area (Å²) in [5.74, 6) is -1.96. The fourth-order valence-corrected chi connectivity index (χ4v) is 3.02. The van der Waals surface area contributed by atoms with Crippen molar-refractivity contribution in [2.75, 3.05) is 18.4 Å². The van der Waals surface area contributed by atoms with Crippen molar-refractivity contribution >= 4 is 29.2 Å². The highest BCUT2D eigenvalue weighted by Crippen LogP contribution is 2.36. The number of likely N-dealkylation sites (tertiary alicyclic amines) is 1. The lowest BCUT2D eigenvalue weighted by molar-refractivity contribution is -0.144. The number of halogens is 4. The molecule has 1 fully saturated rings. The highest BCUT2D eigenvalue weighted by Gasteiger charge is 2.34. The molecule has 1 amide bonds. The van der Waals surface area contributed by atoms with E-state index in [0.29, 0.717) is 19.4 Å². The summed E-state index contributed by atoms with van der Waals surface area (Å²) in [5, 5.41) is 11.1. The normalized spacial score (nSPS) is 20.1. The van der Waals surface area contributed by atoms with E-state index in [0.717, 1.165) is 12.1 Å². The number of amides is 1. The van der Waals surface area contributed by atoms with E-state index in [9.17, 15) is 22.8 Å². The molecule has 1 aliphatic rings. The van der Waals surface area contributed by atoms with Gasteiger partial charge < -0.3 is 10.4 Å². The second-order valence-corrected chi connectivity index (χ2v) is 6.44. The summed E-state index contributed by atoms with van der Waals surface area (Å²) in [6.45, 7) is 2.39. The Morgan fingerprint density at radius 3 is 2.68 bits per heavy atom. The Bertz CT molecular complexity index is 667. The van der Waals surface area contributed by atoms with Gasteiger partial charge in [-0.25, -0.2) is 0 Å². The topological polar surface area (TPSA) is 69.6 Å². The number of piperidine rings is 1. The van der Waals surface area contributed by atoms with Gasteiger partial charge in [0, 0.05) is 12.2 Å². The minimum atomic E-state index is -4.62. The summed E-state index contributed by atoms with van der Waals surface area (Å²) in [4.78, 5) is 25.1. The van der Waals surface area contributed by atoms with E-state index < -0.39 is 40.6 Å². The van der Waals surface area contributed by atoms with Crippen LogP contribution in [0.4, 0.5) is 18.9 Å². The first-order chi connectivity index (χ1) is 11.6. The van der Waals surface area contributed by atoms with Crippen LogP contribution >= 0.6 is 11.6 Å². The minimum Gasteiger partial charge on any atom is -0.481 e. The third kappa shape index (κ3) is 4.85. The number of nitrogens with zero attached hydrogens (tertiary/aromatic N) is 1. The van der Waals surface area contributed by atoms with E-state index in [1.54, 1.807) is 11.8 Å². The molecular formula is C16H18ClF3N2O3. The van der Waals surface area contributed by atoms with Crippen LogP contribution in [-0.2, 0) is 15.8 Å². The first-order valence-electron chi connectivity index (χ1n) is 7.74. The second kappa shape index (κ2) is 7.61. The molecule has 25 heavy (non-hydrogen) atoms. The lowest BCUT2D eigenvalue weighted by atomic mass is 9.97. The standard InChI is InChI=1S/C16H18ClF3N2O3/c1-9(22-6-2-3-10(8-22)15(24)25)14(23)21-11-4-5-13(17)12(7-11)16(18,19)20/h4-5,7,9-10H,2-3,6,8H2,1H3,(H,21,23)(H,24,25). The van der Waals surface area contributed by atoms with Gasteiger partial charge in [0.15, 0.2) is 0 Å². The Morgan fingerprint density at radius 2 is 2.08 bits per heavy atom. The van der Waals surface area contributed by atoms with Crippen LogP contribution in [0.15, 0.2) is 18.2 Å². The van der Waals surface area contributed by atoms with Crippen LogP contribution < -0.4 is 5.32 Å². The third-order valence-electron chi connectivity index (χ3n) is 4.27. The zero-order valence-electron chi connectivity index (χ0n) is 13.4. The molecular weight excluding hydrogens is 361 g/mol. The van der Waals surface area contributed by atoms with Crippen molar-refractivity contribution in [1.82, 2.24) is 4.90 Å². The second-order valence-electron chi connectivity index (χ2n) is 6.03. The van der Waals surface area contributed by atoms with Crippen molar-refractivity contribution < 1.29 is 27.9 Å². The Hall–Kier alpha value is -1.80. The van der Waals surface area contributed by atoms with Gasteiger partial charge in [0.1, 0.15) is 0 Å². The molecule has 0 spiro atoms. The Labute approximate surface area is 147 Å². The van der Waals surface area contributed by atoms with Gasteiger partial charge in [0.05, 0.1) is 22.5 Å². The van der Waals surface area contributed by atoms with E-state index >= 15 is 0 Å². The van der Waals surface area contributed by atoms with E-state index in [2.05, 4.69) is 5.32 Å². The highest BCUT2D eigenvalue weighted by atomic mass is 35.5. The SMILES string of the molecule is CC(C(=O)Nc1ccc(Cl)c(C(F)(F)F)c1)N1CCCC(C(=O)O)C1. The molecule has 1 heterocycles. The molecule has 1 aromatic rings. The number of carboxylic acids is 1. The number of carboxylic acid groups (broad SMARTS) is 1. The van der Waals surface area contributed by atoms with Crippen LogP contribution in [0, 0.1) is 5.92 Å². The first kappa shape index (κ1) is 19.5. The summed E-state index contributed by atoms with van der Waals surface area (Å²) in [6.07, 6.45) is -3.43. The van der Waals surface area contributed by atoms with Crippen molar-refractivity contribution in [2.24, 2.45) is 5.92 Å². The van der Waals surface area contributed by atoms with Crippen molar-refractivity contribution in [3.8, 4) is 0 Å². The molecule has 2 rings (SSSR count). The zero-order chi connectivity index (χ0) is 18.8. The van der Waals surface area contributed by atoms with E-state index in [1.165, 1.54) is 6.07 Å². The fourth-order valence-electron chi connectivity index (χ4n) is 2.79. The first-order valence-corrected chi connectivity index (χ1v) is 8.12. The van der Waals surface area contributed by atoms with Crippen LogP contribution in [-0.4, -0.2) is 41.0 Å². The van der Waals surface area contributed by atoms with Crippen LogP contribution in [0.1, 0.15) is 25.3 Å². The molecule has 1 aliphatic heterocycles. The molecule has 0 aromatic heterocycles. The van der Waals surface area contributed by atoms with E-state index in [1.807, 2.05) is 0 Å². The maximum absolute atomic E-state index is 12.9. The van der Waals surface area contributed by atoms with Gasteiger partial charge in [0.25, 0.3) is 0 Å². The van der Waals surface area contributed by atoms with Crippen LogP contribution in [0.25, 0.3) is 0 Å². The van der Waals surface area contributed by atoms with Crippen molar-refractivity contribution in [3.63, 3.8) is 0 Å². The number of rotatable bonds is 4. The van der Waals surface area contributed by atoms with Gasteiger partial charge in [0.2, 0.25) is 5.91 Å². The molecule has 1 saturated heterocycles. The summed E-state index contributed by atoms with van der Waals surface area (Å²) >= 11 is 5.55. The van der Waals surface area contributed by atoms with Gasteiger partial charge in [-0.05, 0) is 44.5 Å². The number of carbonyl (C=O) groups excluding carboxylic acids is 1. The van der Waals surface area contributed by atoms with Crippen molar-refractivity contribution in [3.05, 3.63) is 28.8 Å². The minimum absolute atomic E-state index is 0.0135. The van der Waals surface area contributed by atoms with Crippen molar-refractivity contribution in [1.29, 1.82) is 0 Å². The molecule has 138 valence electrons. The highest BCUT2D eigenvalue weighted by molar-refractivity contribution is 6.31. The number of aliphatic carboxylic acids is 1. The van der Waals surface area contributed by atoms with Gasteiger partial charge in [-0.3, -0.25) is 14.5 Å². The van der Waals surface area contributed by atoms with E-state index in [-0.39, 0.29) is 12.2 Å². The van der Waals surface area contributed by atoms with Crippen LogP contribution in [0.5, 0.6) is 0 Å². The molecule has 2 N–H and O–H groups in total. The number of nitrogens with one attached hydrogen (secondary N) is 1. The molecule has 9 heteroatoms. The van der Waals surface area contributed by atoms with Crippen LogP contribution in [0.3, 0.4) is 0 Å². The number of hydrogen-bond acceptors (Lipinski definition) is 3. The number of anilines is 1. The number of carbonyl (C=O) groups is 2. The maximum Gasteiger partial charge on any atom is 0.417 e. The fraction of sp³-hybridized carbons (Fsp3) is 0.500. The van der Waals surface area contributed by atoms with Gasteiger partial charge in [-0.15, -0.1) is 0 Å². The maximum atomic E-state index is 12.9. The molecule has 0 saturated carbocycles. The molecule has 2 atom stereocenters. The number of alkyl halides is 3. The van der Waals surface area contributed by atoms with Crippen LogP contribution in [0.2, 0.25) is 5.02 Å². The average Bonchev–Trinajstić information content (AvgIpc) is 2.54. The molecule has 0 bridgehead atoms. The third-order valence-corrected chi connectivity index (χ3v) is 4.60. The van der Waals surface area contributed by atoms with E-state index in [4.69, 9.17) is 16.7 Å². The Balaban J connectivity index is 2.07. The number of hydrogen-bond donors (Lipinski definition) is 2. The Kier molecular flexibility index (Phi) is 5.95. The molecule has 0 radical (unpaired) electrons. The molecule has 1 aromatic carbocycles. The average molecular weight is 379 g/mol. The molecule has 0 aliphatic carbocycles. The molecule has 5 nitrogen and oxygen atoms in total. The largest absolute Gasteiger partial charge is 0.481 e. The Morgan fingerprint density at radius 1 is 1.40 bits per heavy atom. The quantitative estimate of drug-likeness (QED) is 0.841. The molecule has 2 unspecified atom stereocenters. The monoisotopic (exact) mass is 378 g/mol. The summed E-state index contributed by atoms with van der Waals surface area (Å²) < 4.78 is 38.6. The predicted octanol–water partition coefficient (Wildman–Crippen LogP) is 3.48. The summed E-state index contributed by atoms with van der Waals surface area (Å²) in [5.41, 5.74) is -1.04. The summed E-state index contributed by atoms with van der Waals surface area (Å²) in [7, 11) is 0. The lowest BCUT2D eigenvalue weighted by Gasteiger charge is -2.34. The number of benzene rings is 1. The van der Waals surface area contributed by atoms with Gasteiger partial charge in [-0.1, -0.05) is 11.6 Å².